The Balaban J connectivity index is 1.16. The molecule has 9 heteroatoms. The minimum atomic E-state index is -0.129. The van der Waals surface area contributed by atoms with E-state index >= 15 is 0 Å². The number of rotatable bonds is 11. The summed E-state index contributed by atoms with van der Waals surface area (Å²) in [6.07, 6.45) is 16.2. The van der Waals surface area contributed by atoms with E-state index in [1.807, 2.05) is 43.3 Å². The molecule has 240 valence electrons. The molecule has 0 aliphatic heterocycles. The van der Waals surface area contributed by atoms with Crippen molar-refractivity contribution in [1.82, 2.24) is 19.7 Å². The van der Waals surface area contributed by atoms with Crippen LogP contribution in [0.25, 0.3) is 11.1 Å². The fraction of sp³-hybridized carbons (Fsp3) is 0.583. The molecule has 0 bridgehead atoms. The van der Waals surface area contributed by atoms with Crippen LogP contribution in [-0.2, 0) is 14.3 Å². The third-order valence-electron chi connectivity index (χ3n) is 10.1. The number of aryl methyl sites for hydroxylation is 1. The maximum absolute atomic E-state index is 14.3. The van der Waals surface area contributed by atoms with E-state index in [4.69, 9.17) is 19.4 Å². The first-order valence-electron chi connectivity index (χ1n) is 16.9. The summed E-state index contributed by atoms with van der Waals surface area (Å²) in [6.45, 7) is 4.92. The van der Waals surface area contributed by atoms with Crippen molar-refractivity contribution in [3.63, 3.8) is 0 Å². The molecular weight excluding hydrogens is 566 g/mol. The van der Waals surface area contributed by atoms with E-state index in [9.17, 15) is 9.59 Å². The fourth-order valence-corrected chi connectivity index (χ4v) is 7.27. The lowest BCUT2D eigenvalue weighted by molar-refractivity contribution is -0.144. The Morgan fingerprint density at radius 1 is 0.956 bits per heavy atom. The van der Waals surface area contributed by atoms with Gasteiger partial charge in [0.2, 0.25) is 5.91 Å². The Morgan fingerprint density at radius 3 is 2.40 bits per heavy atom. The summed E-state index contributed by atoms with van der Waals surface area (Å²) in [5.41, 5.74) is 4.16. The molecule has 3 aliphatic rings. The second-order valence-electron chi connectivity index (χ2n) is 13.3. The Morgan fingerprint density at radius 2 is 1.71 bits per heavy atom. The van der Waals surface area contributed by atoms with Crippen LogP contribution in [0.1, 0.15) is 101 Å². The molecule has 0 radical (unpaired) electrons. The van der Waals surface area contributed by atoms with Gasteiger partial charge in [-0.1, -0.05) is 0 Å². The quantitative estimate of drug-likeness (QED) is 0.214. The fourth-order valence-electron chi connectivity index (χ4n) is 7.27. The zero-order valence-electron chi connectivity index (χ0n) is 27.0. The molecule has 0 unspecified atom stereocenters. The maximum Gasteiger partial charge on any atom is 0.306 e. The predicted octanol–water partition coefficient (Wildman–Crippen LogP) is 7.06. The number of carbonyl (C=O) groups is 2. The lowest BCUT2D eigenvalue weighted by Gasteiger charge is -2.35. The van der Waals surface area contributed by atoms with Crippen molar-refractivity contribution in [2.24, 2.45) is 17.8 Å². The summed E-state index contributed by atoms with van der Waals surface area (Å²) in [4.78, 5) is 37.9. The largest absolute Gasteiger partial charge is 0.495 e. The van der Waals surface area contributed by atoms with Gasteiger partial charge in [0.25, 0.3) is 0 Å². The first kappa shape index (κ1) is 31.2. The van der Waals surface area contributed by atoms with E-state index in [1.165, 1.54) is 12.8 Å². The molecule has 0 atom stereocenters. The lowest BCUT2D eigenvalue weighted by atomic mass is 9.78. The van der Waals surface area contributed by atoms with Gasteiger partial charge in [-0.2, -0.15) is 5.10 Å². The highest BCUT2D eigenvalue weighted by atomic mass is 16.5. The van der Waals surface area contributed by atoms with E-state index in [0.717, 1.165) is 85.4 Å². The Labute approximate surface area is 266 Å². The van der Waals surface area contributed by atoms with Crippen LogP contribution < -0.4 is 9.64 Å². The van der Waals surface area contributed by atoms with Gasteiger partial charge in [-0.25, -0.2) is 4.98 Å². The van der Waals surface area contributed by atoms with Crippen LogP contribution in [0.5, 0.6) is 5.75 Å². The summed E-state index contributed by atoms with van der Waals surface area (Å²) < 4.78 is 12.7. The highest BCUT2D eigenvalue weighted by Gasteiger charge is 2.34. The standard InChI is InChI=1S/C36H47N5O4/c1-4-45-35(42)19-25-5-11-28(12-6-25)36(43)40(34-20-29(17-18-37-34)30-21-38-41(23-30)31-13-14-31)22-26-7-9-27(10-8-26)32-15-16-33(44-3)24(2)39-32/h15-18,20-21,23,25-28,31H,4-14,19,22H2,1-3H3. The number of anilines is 1. The van der Waals surface area contributed by atoms with Gasteiger partial charge in [0.05, 0.1) is 31.6 Å². The molecule has 3 aromatic heterocycles. The highest BCUT2D eigenvalue weighted by Crippen LogP contribution is 2.39. The molecule has 0 saturated heterocycles. The van der Waals surface area contributed by atoms with Gasteiger partial charge >= 0.3 is 5.97 Å². The van der Waals surface area contributed by atoms with E-state index in [0.29, 0.717) is 37.5 Å². The molecule has 3 saturated carbocycles. The van der Waals surface area contributed by atoms with Crippen LogP contribution >= 0.6 is 0 Å². The van der Waals surface area contributed by atoms with Gasteiger partial charge in [-0.3, -0.25) is 24.2 Å². The molecule has 1 amide bonds. The van der Waals surface area contributed by atoms with Crippen LogP contribution in [0.2, 0.25) is 0 Å². The number of hydrogen-bond acceptors (Lipinski definition) is 7. The number of aromatic nitrogens is 4. The molecule has 3 fully saturated rings. The second kappa shape index (κ2) is 14.1. The summed E-state index contributed by atoms with van der Waals surface area (Å²) in [7, 11) is 1.68. The van der Waals surface area contributed by atoms with E-state index in [1.54, 1.807) is 7.11 Å². The number of esters is 1. The van der Waals surface area contributed by atoms with Crippen LogP contribution in [0.4, 0.5) is 5.82 Å². The molecule has 0 spiro atoms. The first-order valence-corrected chi connectivity index (χ1v) is 16.9. The molecule has 0 aromatic carbocycles. The molecule has 0 N–H and O–H groups in total. The Kier molecular flexibility index (Phi) is 9.81. The number of methoxy groups -OCH3 is 1. The topological polar surface area (TPSA) is 99.4 Å². The van der Waals surface area contributed by atoms with E-state index < -0.39 is 0 Å². The van der Waals surface area contributed by atoms with Gasteiger partial charge in [0.15, 0.2) is 0 Å². The zero-order valence-corrected chi connectivity index (χ0v) is 27.0. The lowest BCUT2D eigenvalue weighted by Crippen LogP contribution is -2.42. The van der Waals surface area contributed by atoms with E-state index in [-0.39, 0.29) is 23.7 Å². The Hall–Kier alpha value is -3.75. The normalized spacial score (nSPS) is 23.4. The van der Waals surface area contributed by atoms with Crippen LogP contribution in [0, 0.1) is 24.7 Å². The van der Waals surface area contributed by atoms with E-state index in [2.05, 4.69) is 28.1 Å². The maximum atomic E-state index is 14.3. The van der Waals surface area contributed by atoms with Crippen molar-refractivity contribution in [3.8, 4) is 16.9 Å². The minimum absolute atomic E-state index is 0.0608. The molecule has 3 aromatic rings. The number of amides is 1. The van der Waals surface area contributed by atoms with Crippen molar-refractivity contribution < 1.29 is 19.1 Å². The Bertz CT molecular complexity index is 1470. The number of pyridine rings is 2. The first-order chi connectivity index (χ1) is 21.9. The number of carbonyl (C=O) groups excluding carboxylic acids is 2. The molecular formula is C36H47N5O4. The molecule has 3 heterocycles. The van der Waals surface area contributed by atoms with Crippen molar-refractivity contribution >= 4 is 17.7 Å². The van der Waals surface area contributed by atoms with Gasteiger partial charge in [0.1, 0.15) is 11.6 Å². The third kappa shape index (κ3) is 7.56. The number of ether oxygens (including phenoxy) is 2. The van der Waals surface area contributed by atoms with Crippen molar-refractivity contribution in [2.45, 2.75) is 96.4 Å². The number of hydrogen-bond donors (Lipinski definition) is 0. The predicted molar refractivity (Wildman–Crippen MR) is 173 cm³/mol. The summed E-state index contributed by atoms with van der Waals surface area (Å²) >= 11 is 0. The summed E-state index contributed by atoms with van der Waals surface area (Å²) in [5.74, 6) is 2.63. The monoisotopic (exact) mass is 613 g/mol. The molecule has 3 aliphatic carbocycles. The summed E-state index contributed by atoms with van der Waals surface area (Å²) in [5, 5.41) is 4.59. The summed E-state index contributed by atoms with van der Waals surface area (Å²) in [6, 6.07) is 8.72. The molecule has 45 heavy (non-hydrogen) atoms. The average Bonchev–Trinajstić information content (AvgIpc) is 3.80. The van der Waals surface area contributed by atoms with Crippen LogP contribution in [0.15, 0.2) is 42.9 Å². The molecule has 9 nitrogen and oxygen atoms in total. The van der Waals surface area contributed by atoms with Crippen molar-refractivity contribution in [1.29, 1.82) is 0 Å². The van der Waals surface area contributed by atoms with Crippen LogP contribution in [0.3, 0.4) is 0 Å². The van der Waals surface area contributed by atoms with Gasteiger partial charge in [0, 0.05) is 48.5 Å². The van der Waals surface area contributed by atoms with Gasteiger partial charge in [-0.05, 0) is 120 Å². The van der Waals surface area contributed by atoms with Crippen molar-refractivity contribution in [3.05, 3.63) is 54.2 Å². The van der Waals surface area contributed by atoms with Gasteiger partial charge in [-0.15, -0.1) is 0 Å². The third-order valence-corrected chi connectivity index (χ3v) is 10.1. The number of nitrogens with zero attached hydrogens (tertiary/aromatic N) is 5. The minimum Gasteiger partial charge on any atom is -0.495 e. The smallest absolute Gasteiger partial charge is 0.306 e. The highest BCUT2D eigenvalue weighted by molar-refractivity contribution is 5.94. The van der Waals surface area contributed by atoms with Crippen molar-refractivity contribution in [2.75, 3.05) is 25.2 Å². The van der Waals surface area contributed by atoms with Crippen LogP contribution in [-0.4, -0.2) is 51.9 Å². The SMILES string of the molecule is CCOC(=O)CC1CCC(C(=O)N(CC2CCC(c3ccc(OC)c(C)n3)CC2)c2cc(-c3cnn(C4CC4)c3)ccn2)CC1. The van der Waals surface area contributed by atoms with Gasteiger partial charge < -0.3 is 9.47 Å². The zero-order chi connectivity index (χ0) is 31.3. The second-order valence-corrected chi connectivity index (χ2v) is 13.3. The average molecular weight is 614 g/mol. The molecule has 6 rings (SSSR count).